The van der Waals surface area contributed by atoms with Crippen LogP contribution in [0.1, 0.15) is 110 Å². The second-order valence-corrected chi connectivity index (χ2v) is 21.7. The fourth-order valence-electron chi connectivity index (χ4n) is 10.3. The Balaban J connectivity index is 0.000000137. The second kappa shape index (κ2) is 24.5. The third-order valence-corrected chi connectivity index (χ3v) is 15.2. The Morgan fingerprint density at radius 3 is 1.59 bits per heavy atom. The molecule has 86 heavy (non-hydrogen) atoms. The SMILES string of the molecule is COC(=O)c1nn(Cc2ccc3ncc(Cl)cc3c2)c2ccnc(Cl)c12.Cc1cc(N)nc(C)c1CNC(=O)c1nn(Cc2ccc3ncc(Cl)cc3c2)c2c1C(=O)CC=C2.O=C(O)c1nn(Cc2ccc3ncc(Cl)cc3c2)c2c1C(=O)CC=C2. The number of aromatic carboxylic acids is 1. The number of fused-ring (bicyclic) bond motifs is 6. The van der Waals surface area contributed by atoms with E-state index in [1.54, 1.807) is 69.2 Å². The van der Waals surface area contributed by atoms with Crippen molar-refractivity contribution < 1.29 is 33.8 Å². The first-order chi connectivity index (χ1) is 41.4. The zero-order valence-corrected chi connectivity index (χ0v) is 48.9. The lowest BCUT2D eigenvalue weighted by Gasteiger charge is -2.11. The molecule has 0 saturated carbocycles. The average molecular weight is 1230 g/mol. The van der Waals surface area contributed by atoms with E-state index in [1.165, 1.54) is 7.11 Å². The number of aryl methyl sites for hydroxylation is 2. The number of nitrogens with two attached hydrogens (primary N) is 1. The molecular weight excluding hydrogens is 1180 g/mol. The highest BCUT2D eigenvalue weighted by Crippen LogP contribution is 2.30. The number of carboxylic acid groups (broad SMARTS) is 1. The normalized spacial score (nSPS) is 12.4. The van der Waals surface area contributed by atoms with Crippen molar-refractivity contribution in [1.29, 1.82) is 0 Å². The van der Waals surface area contributed by atoms with Crippen molar-refractivity contribution >= 4 is 137 Å². The first-order valence-electron chi connectivity index (χ1n) is 26.5. The minimum Gasteiger partial charge on any atom is -0.476 e. The van der Waals surface area contributed by atoms with Gasteiger partial charge in [-0.25, -0.2) is 19.6 Å². The Kier molecular flexibility index (Phi) is 16.5. The van der Waals surface area contributed by atoms with Crippen LogP contribution in [-0.2, 0) is 30.9 Å². The summed E-state index contributed by atoms with van der Waals surface area (Å²) >= 11 is 24.3. The van der Waals surface area contributed by atoms with Crippen LogP contribution in [0.25, 0.3) is 55.8 Å². The van der Waals surface area contributed by atoms with Crippen LogP contribution in [-0.4, -0.2) is 95.9 Å². The monoisotopic (exact) mass is 1230 g/mol. The zero-order valence-electron chi connectivity index (χ0n) is 45.8. The Morgan fingerprint density at radius 2 is 1.10 bits per heavy atom. The number of Topliss-reactive ketones (excluding diaryl/α,β-unsaturated/α-hetero) is 2. The van der Waals surface area contributed by atoms with E-state index in [0.29, 0.717) is 68.4 Å². The third-order valence-electron chi connectivity index (χ3n) is 14.2. The van der Waals surface area contributed by atoms with Crippen LogP contribution < -0.4 is 11.1 Å². The van der Waals surface area contributed by atoms with Crippen LogP contribution >= 0.6 is 46.4 Å². The number of hydrogen-bond donors (Lipinski definition) is 3. The molecule has 0 unspecified atom stereocenters. The van der Waals surface area contributed by atoms with Crippen molar-refractivity contribution in [1.82, 2.24) is 59.6 Å². The summed E-state index contributed by atoms with van der Waals surface area (Å²) in [6.45, 7) is 5.20. The van der Waals surface area contributed by atoms with E-state index in [2.05, 4.69) is 45.5 Å². The molecule has 0 saturated heterocycles. The van der Waals surface area contributed by atoms with E-state index in [-0.39, 0.29) is 58.8 Å². The van der Waals surface area contributed by atoms with Crippen molar-refractivity contribution in [3.63, 3.8) is 0 Å². The lowest BCUT2D eigenvalue weighted by atomic mass is 9.99. The fourth-order valence-corrected chi connectivity index (χ4v) is 11.0. The predicted molar refractivity (Wildman–Crippen MR) is 328 cm³/mol. The number of aromatic nitrogens is 11. The molecule has 0 radical (unpaired) electrons. The van der Waals surface area contributed by atoms with E-state index in [4.69, 9.17) is 56.9 Å². The highest BCUT2D eigenvalue weighted by atomic mass is 35.5. The van der Waals surface area contributed by atoms with E-state index in [9.17, 15) is 29.1 Å². The van der Waals surface area contributed by atoms with Crippen molar-refractivity contribution in [3.8, 4) is 0 Å². The van der Waals surface area contributed by atoms with Gasteiger partial charge in [0.15, 0.2) is 28.6 Å². The minimum atomic E-state index is -1.20. The van der Waals surface area contributed by atoms with E-state index in [1.807, 2.05) is 92.7 Å². The Morgan fingerprint density at radius 1 is 0.628 bits per heavy atom. The van der Waals surface area contributed by atoms with Crippen LogP contribution in [0.15, 0.2) is 122 Å². The third kappa shape index (κ3) is 12.1. The van der Waals surface area contributed by atoms with Crippen LogP contribution in [0.4, 0.5) is 5.82 Å². The first-order valence-corrected chi connectivity index (χ1v) is 28.0. The van der Waals surface area contributed by atoms with E-state index < -0.39 is 17.8 Å². The minimum absolute atomic E-state index is 0.124. The van der Waals surface area contributed by atoms with Gasteiger partial charge in [0.05, 0.1) is 91.8 Å². The van der Waals surface area contributed by atoms with Gasteiger partial charge < -0.3 is 20.9 Å². The standard InChI is InChI=1S/C26H23ClN6O2.C18H12Cl2N4O2.C18H12ClN3O3/c1-14-8-23(28)31-15(2)19(14)12-30-26(35)25-24-21(4-3-5-22(24)34)33(32-25)13-16-6-7-20-17(9-16)10-18(27)11-29-20;1-26-18(25)16-15-14(4-5-21-17(15)20)24(23-16)9-10-2-3-13-11(6-10)7-12(19)8-22-13;19-12-7-11-6-10(4-5-13(11)20-8-12)9-22-14-2-1-3-15(23)16(14)17(21-22)18(24)25/h3-4,6-11H,5,12-13H2,1-2H3,(H2,28,31)(H,30,35);2-8H,9H2,1H3;1-2,4-8H,3,9H2,(H,24,25). The number of carbonyl (C=O) groups is 5. The van der Waals surface area contributed by atoms with Gasteiger partial charge in [-0.15, -0.1) is 0 Å². The average Bonchev–Trinajstić information content (AvgIpc) is 3.94. The van der Waals surface area contributed by atoms with Gasteiger partial charge in [-0.2, -0.15) is 15.3 Å². The van der Waals surface area contributed by atoms with Crippen molar-refractivity contribution in [2.75, 3.05) is 12.8 Å². The molecule has 0 bridgehead atoms. The number of pyridine rings is 5. The number of carboxylic acids is 1. The summed E-state index contributed by atoms with van der Waals surface area (Å²) in [5, 5.41) is 30.4. The van der Waals surface area contributed by atoms with Gasteiger partial charge in [-0.05, 0) is 121 Å². The molecule has 8 aromatic heterocycles. The Labute approximate surface area is 508 Å². The number of rotatable bonds is 11. The fraction of sp³-hybridized carbons (Fsp3) is 0.145. The lowest BCUT2D eigenvalue weighted by molar-refractivity contribution is 0.0593. The van der Waals surface area contributed by atoms with Crippen molar-refractivity contribution in [2.24, 2.45) is 0 Å². The molecule has 430 valence electrons. The summed E-state index contributed by atoms with van der Waals surface area (Å²) < 4.78 is 9.75. The highest BCUT2D eigenvalue weighted by Gasteiger charge is 2.30. The molecule has 4 N–H and O–H groups in total. The number of allylic oxidation sites excluding steroid dienone is 2. The van der Waals surface area contributed by atoms with Crippen molar-refractivity contribution in [3.05, 3.63) is 215 Å². The number of nitrogens with zero attached hydrogens (tertiary/aromatic N) is 11. The number of ketones is 2. The lowest BCUT2D eigenvalue weighted by Crippen LogP contribution is -2.26. The first kappa shape index (κ1) is 58.1. The Hall–Kier alpha value is -9.73. The number of nitrogens with one attached hydrogen (secondary N) is 1. The van der Waals surface area contributed by atoms with Crippen LogP contribution in [0.2, 0.25) is 20.2 Å². The predicted octanol–water partition coefficient (Wildman–Crippen LogP) is 11.8. The molecule has 2 aliphatic carbocycles. The van der Waals surface area contributed by atoms with E-state index in [0.717, 1.165) is 66.2 Å². The van der Waals surface area contributed by atoms with Gasteiger partial charge >= 0.3 is 11.9 Å². The number of nitrogen functional groups attached to an aromatic ring is 1. The maximum absolute atomic E-state index is 13.2. The number of amides is 1. The number of halogens is 4. The van der Waals surface area contributed by atoms with Gasteiger partial charge in [0.25, 0.3) is 5.91 Å². The van der Waals surface area contributed by atoms with Gasteiger partial charge in [-0.3, -0.25) is 43.4 Å². The number of hydrogen-bond acceptors (Lipinski definition) is 15. The number of methoxy groups -OCH3 is 1. The largest absolute Gasteiger partial charge is 0.476 e. The summed E-state index contributed by atoms with van der Waals surface area (Å²) in [6.07, 6.45) is 13.9. The molecular formula is C62H47Cl4N13O7. The smallest absolute Gasteiger partial charge is 0.359 e. The molecule has 0 spiro atoms. The molecule has 11 aromatic rings. The maximum Gasteiger partial charge on any atom is 0.359 e. The summed E-state index contributed by atoms with van der Waals surface area (Å²) in [4.78, 5) is 82.7. The topological polar surface area (TPSA) is 271 Å². The molecule has 24 heteroatoms. The molecule has 20 nitrogen and oxygen atoms in total. The van der Waals surface area contributed by atoms with Gasteiger partial charge in [-0.1, -0.05) is 76.8 Å². The molecule has 3 aromatic carbocycles. The van der Waals surface area contributed by atoms with Gasteiger partial charge in [0, 0.05) is 66.0 Å². The molecule has 8 heterocycles. The number of benzene rings is 3. The second-order valence-electron chi connectivity index (χ2n) is 20.0. The van der Waals surface area contributed by atoms with Crippen LogP contribution in [0.3, 0.4) is 0 Å². The number of anilines is 1. The highest BCUT2D eigenvalue weighted by molar-refractivity contribution is 6.35. The summed E-state index contributed by atoms with van der Waals surface area (Å²) in [7, 11) is 1.30. The molecule has 1 amide bonds. The molecule has 0 aliphatic heterocycles. The summed E-state index contributed by atoms with van der Waals surface area (Å²) in [6, 6.07) is 26.5. The number of ether oxygens (including phenoxy) is 1. The molecule has 0 fully saturated rings. The van der Waals surface area contributed by atoms with Gasteiger partial charge in [0.2, 0.25) is 0 Å². The number of esters is 1. The van der Waals surface area contributed by atoms with Crippen molar-refractivity contribution in [2.45, 2.75) is 52.9 Å². The van der Waals surface area contributed by atoms with Crippen LogP contribution in [0, 0.1) is 13.8 Å². The molecule has 0 atom stereocenters. The Bertz CT molecular complexity index is 4660. The maximum atomic E-state index is 13.2. The van der Waals surface area contributed by atoms with Gasteiger partial charge in [0.1, 0.15) is 11.0 Å². The zero-order chi connectivity index (χ0) is 60.5. The van der Waals surface area contributed by atoms with Crippen LogP contribution in [0.5, 0.6) is 0 Å². The quantitative estimate of drug-likeness (QED) is 0.0802. The molecule has 13 rings (SSSR count). The summed E-state index contributed by atoms with van der Waals surface area (Å²) in [5.41, 5.74) is 16.2. The number of carbonyl (C=O) groups excluding carboxylic acids is 4. The van der Waals surface area contributed by atoms with E-state index >= 15 is 0 Å². The molecule has 2 aliphatic rings. The summed E-state index contributed by atoms with van der Waals surface area (Å²) in [5.74, 6) is -2.09.